The Bertz CT molecular complexity index is 1390. The maximum Gasteiger partial charge on any atom is 0.259 e. The Labute approximate surface area is 207 Å². The summed E-state index contributed by atoms with van der Waals surface area (Å²) in [6.45, 7) is 7.87. The fourth-order valence-electron chi connectivity index (χ4n) is 5.04. The van der Waals surface area contributed by atoms with Crippen molar-refractivity contribution in [1.29, 1.82) is 0 Å². The fraction of sp³-hybridized carbons (Fsp3) is 0.407. The zero-order valence-corrected chi connectivity index (χ0v) is 21.6. The third-order valence-corrected chi connectivity index (χ3v) is 8.53. The molecule has 1 aliphatic rings. The number of benzene rings is 2. The molecule has 0 saturated carbocycles. The Morgan fingerprint density at radius 3 is 2.34 bits per heavy atom. The van der Waals surface area contributed by atoms with E-state index in [4.69, 9.17) is 0 Å². The van der Waals surface area contributed by atoms with E-state index in [2.05, 4.69) is 13.8 Å². The summed E-state index contributed by atoms with van der Waals surface area (Å²) in [6.07, 6.45) is 2.57. The van der Waals surface area contributed by atoms with Gasteiger partial charge in [0.15, 0.2) is 0 Å². The van der Waals surface area contributed by atoms with Gasteiger partial charge in [-0.25, -0.2) is 8.42 Å². The van der Waals surface area contributed by atoms with E-state index >= 15 is 0 Å². The minimum Gasteiger partial charge on any atom is -0.347 e. The maximum absolute atomic E-state index is 13.5. The van der Waals surface area contributed by atoms with Crippen LogP contribution in [0, 0.1) is 11.8 Å². The molecule has 0 spiro atoms. The van der Waals surface area contributed by atoms with Gasteiger partial charge in [-0.2, -0.15) is 4.31 Å². The van der Waals surface area contributed by atoms with Crippen LogP contribution in [0.15, 0.2) is 64.4 Å². The van der Waals surface area contributed by atoms with Crippen molar-refractivity contribution in [1.82, 2.24) is 13.8 Å². The number of hydrogen-bond acceptors (Lipinski definition) is 4. The van der Waals surface area contributed by atoms with Crippen LogP contribution in [0.2, 0.25) is 0 Å². The molecule has 0 N–H and O–H groups in total. The number of rotatable bonds is 6. The summed E-state index contributed by atoms with van der Waals surface area (Å²) in [4.78, 5) is 28.4. The molecule has 1 amide bonds. The number of sulfonamides is 1. The van der Waals surface area contributed by atoms with E-state index in [0.29, 0.717) is 31.7 Å². The monoisotopic (exact) mass is 495 g/mol. The summed E-state index contributed by atoms with van der Waals surface area (Å²) in [6, 6.07) is 14.2. The molecule has 186 valence electrons. The summed E-state index contributed by atoms with van der Waals surface area (Å²) in [5.74, 6) is 0.154. The van der Waals surface area contributed by atoms with E-state index in [9.17, 15) is 18.0 Å². The first-order valence-electron chi connectivity index (χ1n) is 12.1. The quantitative estimate of drug-likeness (QED) is 0.519. The second-order valence-electron chi connectivity index (χ2n) is 9.75. The minimum absolute atomic E-state index is 0.0348. The predicted octanol–water partition coefficient (Wildman–Crippen LogP) is 3.96. The minimum atomic E-state index is -3.76. The molecule has 0 aliphatic carbocycles. The van der Waals surface area contributed by atoms with Gasteiger partial charge in [-0.05, 0) is 48.9 Å². The van der Waals surface area contributed by atoms with E-state index < -0.39 is 21.4 Å². The number of hydrogen-bond donors (Lipinski definition) is 0. The Balaban J connectivity index is 1.75. The molecule has 7 nitrogen and oxygen atoms in total. The zero-order valence-electron chi connectivity index (χ0n) is 20.8. The van der Waals surface area contributed by atoms with Crippen LogP contribution < -0.4 is 5.43 Å². The molecule has 0 unspecified atom stereocenters. The van der Waals surface area contributed by atoms with Gasteiger partial charge >= 0.3 is 0 Å². The van der Waals surface area contributed by atoms with Crippen LogP contribution in [0.5, 0.6) is 0 Å². The third-order valence-electron chi connectivity index (χ3n) is 6.71. The lowest BCUT2D eigenvalue weighted by Gasteiger charge is -2.34. The molecule has 0 radical (unpaired) electrons. The largest absolute Gasteiger partial charge is 0.347 e. The third kappa shape index (κ3) is 5.04. The topological polar surface area (TPSA) is 79.7 Å². The van der Waals surface area contributed by atoms with Gasteiger partial charge in [0.2, 0.25) is 15.5 Å². The number of aromatic nitrogens is 1. The van der Waals surface area contributed by atoms with E-state index in [-0.39, 0.29) is 27.7 Å². The summed E-state index contributed by atoms with van der Waals surface area (Å²) in [5.41, 5.74) is 1.15. The van der Waals surface area contributed by atoms with Gasteiger partial charge in [-0.3, -0.25) is 9.59 Å². The lowest BCUT2D eigenvalue weighted by atomic mass is 9.94. The smallest absolute Gasteiger partial charge is 0.259 e. The Kier molecular flexibility index (Phi) is 7.15. The number of carbonyl (C=O) groups is 1. The van der Waals surface area contributed by atoms with Crippen LogP contribution in [-0.2, 0) is 23.1 Å². The number of pyridine rings is 1. The number of nitrogens with zero attached hydrogens (tertiary/aromatic N) is 3. The zero-order chi connectivity index (χ0) is 25.3. The molecular weight excluding hydrogens is 462 g/mol. The van der Waals surface area contributed by atoms with E-state index in [0.717, 1.165) is 12.0 Å². The lowest BCUT2D eigenvalue weighted by Crippen LogP contribution is -2.42. The molecule has 35 heavy (non-hydrogen) atoms. The van der Waals surface area contributed by atoms with Crippen molar-refractivity contribution in [2.75, 3.05) is 20.1 Å². The number of fused-ring (bicyclic) bond motifs is 1. The first kappa shape index (κ1) is 25.1. The van der Waals surface area contributed by atoms with Crippen molar-refractivity contribution in [3.63, 3.8) is 0 Å². The predicted molar refractivity (Wildman–Crippen MR) is 138 cm³/mol. The van der Waals surface area contributed by atoms with Gasteiger partial charge < -0.3 is 9.47 Å². The molecule has 2 atom stereocenters. The molecule has 2 aromatic carbocycles. The average Bonchev–Trinajstić information content (AvgIpc) is 2.83. The Hall–Kier alpha value is -2.97. The van der Waals surface area contributed by atoms with Crippen LogP contribution in [0.3, 0.4) is 0 Å². The highest BCUT2D eigenvalue weighted by molar-refractivity contribution is 7.89. The average molecular weight is 496 g/mol. The van der Waals surface area contributed by atoms with Crippen LogP contribution in [0.25, 0.3) is 10.9 Å². The summed E-state index contributed by atoms with van der Waals surface area (Å²) < 4.78 is 30.3. The molecule has 1 fully saturated rings. The van der Waals surface area contributed by atoms with Gasteiger partial charge in [-0.15, -0.1) is 0 Å². The van der Waals surface area contributed by atoms with Crippen LogP contribution in [-0.4, -0.2) is 48.2 Å². The summed E-state index contributed by atoms with van der Waals surface area (Å²) in [7, 11) is -2.09. The Morgan fingerprint density at radius 1 is 1.06 bits per heavy atom. The van der Waals surface area contributed by atoms with Crippen LogP contribution in [0.1, 0.15) is 43.1 Å². The molecule has 1 aromatic heterocycles. The van der Waals surface area contributed by atoms with E-state index in [1.165, 1.54) is 15.3 Å². The van der Waals surface area contributed by atoms with E-state index in [1.807, 2.05) is 41.8 Å². The van der Waals surface area contributed by atoms with Gasteiger partial charge in [0.25, 0.3) is 5.91 Å². The number of carbonyl (C=O) groups excluding carboxylic acids is 1. The van der Waals surface area contributed by atoms with Crippen molar-refractivity contribution >= 4 is 26.8 Å². The van der Waals surface area contributed by atoms with Gasteiger partial charge in [0.05, 0.1) is 10.4 Å². The molecule has 1 aliphatic heterocycles. The van der Waals surface area contributed by atoms with Crippen LogP contribution >= 0.6 is 0 Å². The second kappa shape index (κ2) is 9.95. The second-order valence-corrected chi connectivity index (χ2v) is 11.7. The molecule has 3 aromatic rings. The van der Waals surface area contributed by atoms with Gasteiger partial charge in [0, 0.05) is 44.8 Å². The SMILES string of the molecule is CCn1cc(C(=O)N(C)Cc2ccccc2)c(=O)c2cc(S(=O)(=O)N3C[C@H](C)C[C@@H](C)C3)ccc21. The van der Waals surface area contributed by atoms with Crippen molar-refractivity contribution in [2.24, 2.45) is 11.8 Å². The molecule has 1 saturated heterocycles. The molecule has 2 heterocycles. The first-order valence-corrected chi connectivity index (χ1v) is 13.5. The molecular formula is C27H33N3O4S. The van der Waals surface area contributed by atoms with Crippen molar-refractivity contribution in [3.05, 3.63) is 76.1 Å². The summed E-state index contributed by atoms with van der Waals surface area (Å²) >= 11 is 0. The van der Waals surface area contributed by atoms with Crippen LogP contribution in [0.4, 0.5) is 0 Å². The number of aryl methyl sites for hydroxylation is 1. The van der Waals surface area contributed by atoms with E-state index in [1.54, 1.807) is 25.4 Å². The van der Waals surface area contributed by atoms with Crippen molar-refractivity contribution in [2.45, 2.75) is 45.2 Å². The fourth-order valence-corrected chi connectivity index (χ4v) is 6.74. The standard InChI is InChI=1S/C27H33N3O4S/c1-5-29-18-24(27(32)28(4)17-21-9-7-6-8-10-21)26(31)23-14-22(11-12-25(23)29)35(33,34)30-15-19(2)13-20(3)16-30/h6-12,14,18-20H,5,13,15-17H2,1-4H3/t19-,20-/m1/s1. The molecule has 0 bridgehead atoms. The highest BCUT2D eigenvalue weighted by Gasteiger charge is 2.32. The Morgan fingerprint density at radius 2 is 1.71 bits per heavy atom. The highest BCUT2D eigenvalue weighted by Crippen LogP contribution is 2.28. The highest BCUT2D eigenvalue weighted by atomic mass is 32.2. The summed E-state index contributed by atoms with van der Waals surface area (Å²) in [5, 5.41) is 0.241. The van der Waals surface area contributed by atoms with Gasteiger partial charge in [0.1, 0.15) is 5.56 Å². The molecule has 8 heteroatoms. The van der Waals surface area contributed by atoms with Crippen molar-refractivity contribution in [3.8, 4) is 0 Å². The van der Waals surface area contributed by atoms with Crippen molar-refractivity contribution < 1.29 is 13.2 Å². The number of piperidine rings is 1. The lowest BCUT2D eigenvalue weighted by molar-refractivity contribution is 0.0783. The molecule has 4 rings (SSSR count). The first-order chi connectivity index (χ1) is 16.6. The number of amides is 1. The van der Waals surface area contributed by atoms with Gasteiger partial charge in [-0.1, -0.05) is 44.2 Å². The normalized spacial score (nSPS) is 19.1. The maximum atomic E-state index is 13.5.